The van der Waals surface area contributed by atoms with Gasteiger partial charge in [0.2, 0.25) is 5.69 Å². The Balaban J connectivity index is 1.98. The zero-order valence-corrected chi connectivity index (χ0v) is 12.3. The Bertz CT molecular complexity index is 484. The van der Waals surface area contributed by atoms with Crippen LogP contribution in [-0.4, -0.2) is 71.2 Å². The van der Waals surface area contributed by atoms with E-state index in [0.717, 1.165) is 24.6 Å². The molecule has 2 amide bonds. The maximum absolute atomic E-state index is 12.1. The van der Waals surface area contributed by atoms with Crippen LogP contribution in [0.5, 0.6) is 0 Å². The zero-order valence-electron chi connectivity index (χ0n) is 11.5. The summed E-state index contributed by atoms with van der Waals surface area (Å²) < 4.78 is 8.55. The number of esters is 1. The van der Waals surface area contributed by atoms with Crippen LogP contribution in [0.25, 0.3) is 0 Å². The molecule has 1 aromatic heterocycles. The summed E-state index contributed by atoms with van der Waals surface area (Å²) >= 11 is 0.966. The van der Waals surface area contributed by atoms with Gasteiger partial charge in [-0.15, -0.1) is 5.10 Å². The highest BCUT2D eigenvalue weighted by Gasteiger charge is 2.23. The fourth-order valence-corrected chi connectivity index (χ4v) is 2.34. The van der Waals surface area contributed by atoms with Gasteiger partial charge in [0.05, 0.1) is 6.61 Å². The third-order valence-corrected chi connectivity index (χ3v) is 3.61. The van der Waals surface area contributed by atoms with Crippen molar-refractivity contribution in [3.05, 3.63) is 5.69 Å². The van der Waals surface area contributed by atoms with Crippen LogP contribution in [0, 0.1) is 0 Å². The summed E-state index contributed by atoms with van der Waals surface area (Å²) in [5.74, 6) is -0.574. The maximum atomic E-state index is 12.1. The molecule has 0 bridgehead atoms. The molecule has 1 N–H and O–H groups in total. The Hall–Kier alpha value is -1.74. The number of carbonyl (C=O) groups is 2. The van der Waals surface area contributed by atoms with E-state index >= 15 is 0 Å². The Morgan fingerprint density at radius 2 is 2.05 bits per heavy atom. The summed E-state index contributed by atoms with van der Waals surface area (Å²) in [7, 11) is 2.02. The van der Waals surface area contributed by atoms with Gasteiger partial charge in [0, 0.05) is 37.7 Å². The molecule has 0 radical (unpaired) electrons. The topological polar surface area (TPSA) is 87.7 Å². The van der Waals surface area contributed by atoms with E-state index in [2.05, 4.69) is 19.8 Å². The molecule has 2 rings (SSSR count). The van der Waals surface area contributed by atoms with Crippen molar-refractivity contribution in [2.24, 2.45) is 0 Å². The first-order valence-corrected chi connectivity index (χ1v) is 7.13. The van der Waals surface area contributed by atoms with Crippen LogP contribution in [0.15, 0.2) is 0 Å². The van der Waals surface area contributed by atoms with Crippen LogP contribution in [-0.2, 0) is 4.74 Å². The highest BCUT2D eigenvalue weighted by Crippen LogP contribution is 2.19. The summed E-state index contributed by atoms with van der Waals surface area (Å²) in [4.78, 5) is 27.6. The zero-order chi connectivity index (χ0) is 14.5. The molecule has 0 spiro atoms. The molecule has 2 heterocycles. The van der Waals surface area contributed by atoms with E-state index in [1.807, 2.05) is 7.05 Å². The van der Waals surface area contributed by atoms with Crippen molar-refractivity contribution in [3.63, 3.8) is 0 Å². The Morgan fingerprint density at radius 3 is 2.70 bits per heavy atom. The fraction of sp³-hybridized carbons (Fsp3) is 0.636. The molecule has 0 unspecified atom stereocenters. The first kappa shape index (κ1) is 14.7. The average Bonchev–Trinajstić information content (AvgIpc) is 2.88. The lowest BCUT2D eigenvalue weighted by atomic mass is 10.3. The fourth-order valence-electron chi connectivity index (χ4n) is 1.79. The molecular weight excluding hydrogens is 282 g/mol. The van der Waals surface area contributed by atoms with Crippen LogP contribution in [0.4, 0.5) is 9.80 Å². The smallest absolute Gasteiger partial charge is 0.362 e. The van der Waals surface area contributed by atoms with Crippen LogP contribution >= 0.6 is 11.5 Å². The minimum absolute atomic E-state index is 0.0549. The molecular formula is C11H17N5O3S. The normalized spacial score (nSPS) is 16.0. The van der Waals surface area contributed by atoms with Gasteiger partial charge in [0.1, 0.15) is 0 Å². The molecule has 1 saturated heterocycles. The van der Waals surface area contributed by atoms with Crippen LogP contribution in [0.3, 0.4) is 0 Å². The lowest BCUT2D eigenvalue weighted by Crippen LogP contribution is -2.48. The molecule has 110 valence electrons. The second-order valence-corrected chi connectivity index (χ2v) is 5.15. The number of rotatable bonds is 3. The molecule has 8 nitrogen and oxygen atoms in total. The van der Waals surface area contributed by atoms with Crippen LogP contribution in [0.2, 0.25) is 0 Å². The first-order valence-electron chi connectivity index (χ1n) is 6.35. The van der Waals surface area contributed by atoms with E-state index in [1.165, 1.54) is 0 Å². The van der Waals surface area contributed by atoms with E-state index in [4.69, 9.17) is 4.74 Å². The van der Waals surface area contributed by atoms with Gasteiger partial charge in [-0.3, -0.25) is 5.32 Å². The molecule has 20 heavy (non-hydrogen) atoms. The molecule has 1 fully saturated rings. The predicted octanol–water partition coefficient (Wildman–Crippen LogP) is 0.494. The average molecular weight is 299 g/mol. The summed E-state index contributed by atoms with van der Waals surface area (Å²) in [6, 6.07) is -0.241. The van der Waals surface area contributed by atoms with E-state index < -0.39 is 5.97 Å². The first-order chi connectivity index (χ1) is 9.61. The van der Waals surface area contributed by atoms with Crippen molar-refractivity contribution in [1.29, 1.82) is 0 Å². The Morgan fingerprint density at radius 1 is 1.35 bits per heavy atom. The third kappa shape index (κ3) is 3.42. The van der Waals surface area contributed by atoms with Gasteiger partial charge in [-0.2, -0.15) is 0 Å². The van der Waals surface area contributed by atoms with Crippen molar-refractivity contribution in [2.45, 2.75) is 6.92 Å². The number of hydrogen-bond acceptors (Lipinski definition) is 7. The Labute approximate surface area is 120 Å². The molecule has 1 aromatic rings. The lowest BCUT2D eigenvalue weighted by molar-refractivity contribution is 0.0520. The van der Waals surface area contributed by atoms with E-state index in [0.29, 0.717) is 18.1 Å². The van der Waals surface area contributed by atoms with E-state index in [1.54, 1.807) is 11.8 Å². The van der Waals surface area contributed by atoms with Gasteiger partial charge < -0.3 is 14.5 Å². The number of carbonyl (C=O) groups excluding carboxylic acids is 2. The number of likely N-dealkylation sites (N-methyl/N-ethyl adjacent to an activating group) is 1. The lowest BCUT2D eigenvalue weighted by Gasteiger charge is -2.32. The van der Waals surface area contributed by atoms with Gasteiger partial charge in [-0.05, 0) is 14.0 Å². The molecule has 9 heteroatoms. The number of urea groups is 1. The standard InChI is InChI=1S/C11H17N5O3S/c1-3-19-10(17)8-9(20-14-13-8)12-11(18)16-6-4-15(2)5-7-16/h3-7H2,1-2H3,(H,12,18). The van der Waals surface area contributed by atoms with E-state index in [9.17, 15) is 9.59 Å². The Kier molecular flexibility index (Phi) is 4.85. The quantitative estimate of drug-likeness (QED) is 0.818. The van der Waals surface area contributed by atoms with Crippen molar-refractivity contribution in [2.75, 3.05) is 45.2 Å². The van der Waals surface area contributed by atoms with Gasteiger partial charge in [0.15, 0.2) is 5.00 Å². The largest absolute Gasteiger partial charge is 0.461 e. The number of aromatic nitrogens is 2. The highest BCUT2D eigenvalue weighted by atomic mass is 32.1. The van der Waals surface area contributed by atoms with Crippen LogP contribution in [0.1, 0.15) is 17.4 Å². The molecule has 0 aromatic carbocycles. The SMILES string of the molecule is CCOC(=O)c1nnsc1NC(=O)N1CCN(C)CC1. The number of piperazine rings is 1. The predicted molar refractivity (Wildman–Crippen MR) is 74.0 cm³/mol. The number of hydrogen-bond donors (Lipinski definition) is 1. The van der Waals surface area contributed by atoms with Gasteiger partial charge >= 0.3 is 12.0 Å². The number of ether oxygens (including phenoxy) is 1. The van der Waals surface area contributed by atoms with Crippen molar-refractivity contribution in [1.82, 2.24) is 19.4 Å². The van der Waals surface area contributed by atoms with Crippen molar-refractivity contribution < 1.29 is 14.3 Å². The molecule has 1 aliphatic heterocycles. The monoisotopic (exact) mass is 299 g/mol. The minimum atomic E-state index is -0.574. The maximum Gasteiger partial charge on any atom is 0.362 e. The number of amides is 2. The number of anilines is 1. The molecule has 1 aliphatic rings. The number of nitrogens with zero attached hydrogens (tertiary/aromatic N) is 4. The van der Waals surface area contributed by atoms with E-state index in [-0.39, 0.29) is 18.3 Å². The van der Waals surface area contributed by atoms with Gasteiger partial charge in [-0.1, -0.05) is 4.49 Å². The van der Waals surface area contributed by atoms with Gasteiger partial charge in [-0.25, -0.2) is 9.59 Å². The summed E-state index contributed by atoms with van der Waals surface area (Å²) in [6.07, 6.45) is 0. The summed E-state index contributed by atoms with van der Waals surface area (Å²) in [6.45, 7) is 4.94. The molecule has 0 saturated carbocycles. The van der Waals surface area contributed by atoms with Crippen LogP contribution < -0.4 is 5.32 Å². The third-order valence-electron chi connectivity index (χ3n) is 2.97. The summed E-state index contributed by atoms with van der Waals surface area (Å²) in [5.41, 5.74) is 0.0549. The second kappa shape index (κ2) is 6.62. The van der Waals surface area contributed by atoms with Crippen molar-refractivity contribution in [3.8, 4) is 0 Å². The van der Waals surface area contributed by atoms with Crippen molar-refractivity contribution >= 4 is 28.5 Å². The molecule has 0 atom stereocenters. The second-order valence-electron chi connectivity index (χ2n) is 4.39. The minimum Gasteiger partial charge on any atom is -0.461 e. The van der Waals surface area contributed by atoms with Gasteiger partial charge in [0.25, 0.3) is 0 Å². The molecule has 0 aliphatic carbocycles. The summed E-state index contributed by atoms with van der Waals surface area (Å²) in [5, 5.41) is 6.70. The number of nitrogens with one attached hydrogen (secondary N) is 1. The highest BCUT2D eigenvalue weighted by molar-refractivity contribution is 7.10.